The molecule has 0 heterocycles. The van der Waals surface area contributed by atoms with Crippen molar-refractivity contribution in [1.29, 1.82) is 0 Å². The molecule has 130 valence electrons. The molecule has 1 atom stereocenters. The Morgan fingerprint density at radius 1 is 1.17 bits per heavy atom. The lowest BCUT2D eigenvalue weighted by molar-refractivity contribution is -0.127. The third-order valence-corrected chi connectivity index (χ3v) is 4.03. The molecule has 0 radical (unpaired) electrons. The molecule has 0 saturated carbocycles. The second kappa shape index (κ2) is 9.90. The minimum absolute atomic E-state index is 0. The summed E-state index contributed by atoms with van der Waals surface area (Å²) in [4.78, 5) is 23.5. The van der Waals surface area contributed by atoms with Crippen LogP contribution in [-0.2, 0) is 16.1 Å². The number of carbonyl (C=O) groups excluding carboxylic acids is 2. The smallest absolute Gasteiger partial charge is 0.239 e. The highest BCUT2D eigenvalue weighted by Gasteiger charge is 2.17. The first kappa shape index (κ1) is 21.9. The average Bonchev–Trinajstić information content (AvgIpc) is 2.42. The maximum Gasteiger partial charge on any atom is 0.239 e. The summed E-state index contributed by atoms with van der Waals surface area (Å²) in [6.45, 7) is 8.11. The van der Waals surface area contributed by atoms with Crippen molar-refractivity contribution < 1.29 is 9.59 Å². The van der Waals surface area contributed by atoms with E-state index in [0.29, 0.717) is 6.54 Å². The molecule has 0 saturated heterocycles. The van der Waals surface area contributed by atoms with Gasteiger partial charge in [-0.15, -0.1) is 12.4 Å². The van der Waals surface area contributed by atoms with Crippen LogP contribution in [0.25, 0.3) is 0 Å². The summed E-state index contributed by atoms with van der Waals surface area (Å²) in [6, 6.07) is 3.43. The topological polar surface area (TPSA) is 84.2 Å². The Morgan fingerprint density at radius 2 is 1.70 bits per heavy atom. The van der Waals surface area contributed by atoms with Crippen molar-refractivity contribution in [3.8, 4) is 0 Å². The Morgan fingerprint density at radius 3 is 2.17 bits per heavy atom. The van der Waals surface area contributed by atoms with Crippen molar-refractivity contribution in [3.05, 3.63) is 33.3 Å². The number of amides is 2. The molecule has 1 aromatic carbocycles. The summed E-state index contributed by atoms with van der Waals surface area (Å²) in [6.07, 6.45) is 0. The second-order valence-electron chi connectivity index (χ2n) is 5.78. The fourth-order valence-corrected chi connectivity index (χ4v) is 2.74. The number of aryl methyl sites for hydroxylation is 2. The van der Waals surface area contributed by atoms with Gasteiger partial charge in [-0.25, -0.2) is 0 Å². The van der Waals surface area contributed by atoms with Crippen molar-refractivity contribution in [2.45, 2.75) is 40.3 Å². The van der Waals surface area contributed by atoms with E-state index in [0.717, 1.165) is 21.2 Å². The molecule has 0 unspecified atom stereocenters. The normalized spacial score (nSPS) is 11.6. The summed E-state index contributed by atoms with van der Waals surface area (Å²) < 4.78 is 1.02. The molecule has 23 heavy (non-hydrogen) atoms. The Bertz CT molecular complexity index is 541. The van der Waals surface area contributed by atoms with Crippen LogP contribution in [0.2, 0.25) is 0 Å². The van der Waals surface area contributed by atoms with E-state index >= 15 is 0 Å². The van der Waals surface area contributed by atoms with Gasteiger partial charge in [-0.1, -0.05) is 29.8 Å². The first-order valence-corrected chi connectivity index (χ1v) is 8.07. The van der Waals surface area contributed by atoms with Crippen LogP contribution in [0.4, 0.5) is 0 Å². The lowest BCUT2D eigenvalue weighted by Crippen LogP contribution is -2.47. The summed E-state index contributed by atoms with van der Waals surface area (Å²) in [5, 5.41) is 5.37. The molecule has 0 bridgehead atoms. The van der Waals surface area contributed by atoms with Crippen LogP contribution >= 0.6 is 28.3 Å². The van der Waals surface area contributed by atoms with E-state index in [1.165, 1.54) is 0 Å². The predicted octanol–water partition coefficient (Wildman–Crippen LogP) is 2.20. The third-order valence-electron chi connectivity index (χ3n) is 3.57. The van der Waals surface area contributed by atoms with Gasteiger partial charge in [0.15, 0.2) is 0 Å². The maximum atomic E-state index is 11.8. The lowest BCUT2D eigenvalue weighted by atomic mass is 10.0. The van der Waals surface area contributed by atoms with E-state index < -0.39 is 6.04 Å². The van der Waals surface area contributed by atoms with Crippen LogP contribution in [0.5, 0.6) is 0 Å². The Balaban J connectivity index is 0.00000484. The maximum absolute atomic E-state index is 11.8. The van der Waals surface area contributed by atoms with E-state index in [1.807, 2.05) is 39.8 Å². The van der Waals surface area contributed by atoms with E-state index in [4.69, 9.17) is 5.73 Å². The molecule has 0 spiro atoms. The van der Waals surface area contributed by atoms with Gasteiger partial charge in [-0.3, -0.25) is 9.59 Å². The van der Waals surface area contributed by atoms with Crippen molar-refractivity contribution in [3.63, 3.8) is 0 Å². The zero-order valence-corrected chi connectivity index (χ0v) is 16.3. The van der Waals surface area contributed by atoms with Gasteiger partial charge >= 0.3 is 0 Å². The average molecular weight is 407 g/mol. The molecule has 4 N–H and O–H groups in total. The molecule has 1 aromatic rings. The summed E-state index contributed by atoms with van der Waals surface area (Å²) in [5.74, 6) is -0.497. The minimum atomic E-state index is -0.594. The lowest BCUT2D eigenvalue weighted by Gasteiger charge is -2.15. The molecule has 0 aromatic heterocycles. The van der Waals surface area contributed by atoms with E-state index in [-0.39, 0.29) is 36.7 Å². The van der Waals surface area contributed by atoms with Gasteiger partial charge in [-0.05, 0) is 48.6 Å². The van der Waals surface area contributed by atoms with Gasteiger partial charge in [0.1, 0.15) is 0 Å². The molecule has 2 amide bonds. The summed E-state index contributed by atoms with van der Waals surface area (Å²) >= 11 is 3.45. The number of nitrogens with two attached hydrogens (primary N) is 1. The number of nitrogens with one attached hydrogen (secondary N) is 2. The zero-order valence-electron chi connectivity index (χ0n) is 13.9. The molecule has 1 rings (SSSR count). The van der Waals surface area contributed by atoms with Crippen LogP contribution in [0.3, 0.4) is 0 Å². The molecule has 7 heteroatoms. The highest BCUT2D eigenvalue weighted by atomic mass is 79.9. The van der Waals surface area contributed by atoms with Gasteiger partial charge in [0.2, 0.25) is 11.8 Å². The van der Waals surface area contributed by atoms with Crippen molar-refractivity contribution >= 4 is 40.2 Å². The van der Waals surface area contributed by atoms with E-state index in [1.54, 1.807) is 0 Å². The largest absolute Gasteiger partial charge is 0.350 e. The zero-order chi connectivity index (χ0) is 16.9. The fourth-order valence-electron chi connectivity index (χ4n) is 2.06. The molecule has 5 nitrogen and oxygen atoms in total. The van der Waals surface area contributed by atoms with Gasteiger partial charge < -0.3 is 16.4 Å². The Kier molecular flexibility index (Phi) is 9.42. The Labute approximate surface area is 152 Å². The van der Waals surface area contributed by atoms with Crippen LogP contribution in [0.15, 0.2) is 16.6 Å². The van der Waals surface area contributed by atoms with Crippen LogP contribution in [0, 0.1) is 19.8 Å². The number of halogens is 2. The number of hydrogen-bond acceptors (Lipinski definition) is 3. The molecular weight excluding hydrogens is 382 g/mol. The number of rotatable bonds is 6. The van der Waals surface area contributed by atoms with Gasteiger partial charge in [0.25, 0.3) is 0 Å². The van der Waals surface area contributed by atoms with Crippen LogP contribution in [-0.4, -0.2) is 24.4 Å². The van der Waals surface area contributed by atoms with E-state index in [2.05, 4.69) is 26.6 Å². The fraction of sp³-hybridized carbons (Fsp3) is 0.500. The molecule has 0 aliphatic heterocycles. The van der Waals surface area contributed by atoms with Gasteiger partial charge in [0.05, 0.1) is 12.6 Å². The van der Waals surface area contributed by atoms with Crippen molar-refractivity contribution in [2.24, 2.45) is 11.7 Å². The Hall–Kier alpha value is -1.11. The van der Waals surface area contributed by atoms with Crippen LogP contribution in [0.1, 0.15) is 30.5 Å². The molecule has 0 aliphatic carbocycles. The quantitative estimate of drug-likeness (QED) is 0.677. The minimum Gasteiger partial charge on any atom is -0.350 e. The number of carbonyl (C=O) groups is 2. The number of hydrogen-bond donors (Lipinski definition) is 3. The number of benzene rings is 1. The monoisotopic (exact) mass is 405 g/mol. The standard InChI is InChI=1S/C16H24BrN3O2.ClH/c1-9(2)15(18)16(22)20-8-14(21)19-7-13-10(3)5-12(17)6-11(13)4;/h5-6,9,15H,7-8,18H2,1-4H3,(H,19,21)(H,20,22);1H/t15-;/m0./s1. The highest BCUT2D eigenvalue weighted by Crippen LogP contribution is 2.20. The molecule has 0 aliphatic rings. The summed E-state index contributed by atoms with van der Waals surface area (Å²) in [5.41, 5.74) is 9.02. The van der Waals surface area contributed by atoms with E-state index in [9.17, 15) is 9.59 Å². The molecule has 0 fully saturated rings. The van der Waals surface area contributed by atoms with Crippen molar-refractivity contribution in [1.82, 2.24) is 10.6 Å². The first-order chi connectivity index (χ1) is 10.2. The predicted molar refractivity (Wildman–Crippen MR) is 98.5 cm³/mol. The van der Waals surface area contributed by atoms with Gasteiger partial charge in [-0.2, -0.15) is 0 Å². The van der Waals surface area contributed by atoms with Crippen molar-refractivity contribution in [2.75, 3.05) is 6.54 Å². The van der Waals surface area contributed by atoms with Crippen LogP contribution < -0.4 is 16.4 Å². The highest BCUT2D eigenvalue weighted by molar-refractivity contribution is 9.10. The van der Waals surface area contributed by atoms with Gasteiger partial charge in [0, 0.05) is 11.0 Å². The SMILES string of the molecule is Cc1cc(Br)cc(C)c1CNC(=O)CNC(=O)[C@@H](N)C(C)C.Cl. The second-order valence-corrected chi connectivity index (χ2v) is 6.70. The third kappa shape index (κ3) is 6.89. The first-order valence-electron chi connectivity index (χ1n) is 7.28. The molecular formula is C16H25BrClN3O2. The summed E-state index contributed by atoms with van der Waals surface area (Å²) in [7, 11) is 0.